The average molecular weight is 416 g/mol. The Hall–Kier alpha value is -4.20. The van der Waals surface area contributed by atoms with Gasteiger partial charge in [-0.3, -0.25) is 14.9 Å². The van der Waals surface area contributed by atoms with Crippen LogP contribution in [0.15, 0.2) is 72.8 Å². The molecule has 1 atom stereocenters. The number of aromatic amines is 1. The van der Waals surface area contributed by atoms with Gasteiger partial charge in [-0.15, -0.1) is 0 Å². The van der Waals surface area contributed by atoms with Crippen molar-refractivity contribution in [2.24, 2.45) is 0 Å². The molecular weight excluding hydrogens is 396 g/mol. The normalized spacial score (nSPS) is 11.8. The van der Waals surface area contributed by atoms with Crippen LogP contribution in [0.2, 0.25) is 0 Å². The van der Waals surface area contributed by atoms with E-state index in [-0.39, 0.29) is 18.0 Å². The quantitative estimate of drug-likeness (QED) is 0.350. The number of amides is 1. The number of hydrogen-bond acceptors (Lipinski definition) is 5. The van der Waals surface area contributed by atoms with Crippen LogP contribution in [0.5, 0.6) is 5.75 Å². The Balaban J connectivity index is 1.62. The fraction of sp³-hybridized carbons (Fsp3) is 0.130. The van der Waals surface area contributed by atoms with Crippen molar-refractivity contribution in [2.75, 3.05) is 7.11 Å². The van der Waals surface area contributed by atoms with Gasteiger partial charge >= 0.3 is 0 Å². The summed E-state index contributed by atoms with van der Waals surface area (Å²) in [5.41, 5.74) is 2.80. The molecule has 2 N–H and O–H groups in total. The number of nitro groups is 1. The SMILES string of the molecule is COc1ccc(CC(=O)NC(c2ccccc2)c2nc3ccc([N+](=O)[O-])cc3[nH]2)cc1. The predicted molar refractivity (Wildman–Crippen MR) is 116 cm³/mol. The number of rotatable bonds is 7. The highest BCUT2D eigenvalue weighted by molar-refractivity contribution is 5.80. The second-order valence-corrected chi connectivity index (χ2v) is 7.02. The minimum Gasteiger partial charge on any atom is -0.497 e. The molecule has 3 aromatic carbocycles. The molecule has 4 rings (SSSR count). The van der Waals surface area contributed by atoms with E-state index < -0.39 is 11.0 Å². The summed E-state index contributed by atoms with van der Waals surface area (Å²) in [4.78, 5) is 31.1. The first-order chi connectivity index (χ1) is 15.0. The Morgan fingerprint density at radius 1 is 1.13 bits per heavy atom. The van der Waals surface area contributed by atoms with Gasteiger partial charge in [0.15, 0.2) is 0 Å². The number of fused-ring (bicyclic) bond motifs is 1. The zero-order valence-corrected chi connectivity index (χ0v) is 16.7. The number of imidazole rings is 1. The topological polar surface area (TPSA) is 110 Å². The maximum atomic E-state index is 12.8. The van der Waals surface area contributed by atoms with E-state index in [0.29, 0.717) is 16.9 Å². The third kappa shape index (κ3) is 4.53. The molecule has 4 aromatic rings. The van der Waals surface area contributed by atoms with Gasteiger partial charge in [0.25, 0.3) is 5.69 Å². The first kappa shape index (κ1) is 20.1. The maximum Gasteiger partial charge on any atom is 0.271 e. The van der Waals surface area contributed by atoms with Crippen LogP contribution in [0, 0.1) is 10.1 Å². The van der Waals surface area contributed by atoms with Gasteiger partial charge < -0.3 is 15.0 Å². The Labute approximate surface area is 178 Å². The van der Waals surface area contributed by atoms with Gasteiger partial charge in [-0.2, -0.15) is 0 Å². The molecule has 0 aliphatic carbocycles. The predicted octanol–water partition coefficient (Wildman–Crippen LogP) is 3.93. The van der Waals surface area contributed by atoms with Crippen molar-refractivity contribution < 1.29 is 14.5 Å². The molecule has 31 heavy (non-hydrogen) atoms. The molecule has 8 nitrogen and oxygen atoms in total. The summed E-state index contributed by atoms with van der Waals surface area (Å²) in [5.74, 6) is 1.05. The number of methoxy groups -OCH3 is 1. The Morgan fingerprint density at radius 3 is 2.55 bits per heavy atom. The summed E-state index contributed by atoms with van der Waals surface area (Å²) >= 11 is 0. The molecule has 8 heteroatoms. The van der Waals surface area contributed by atoms with Crippen LogP contribution < -0.4 is 10.1 Å². The lowest BCUT2D eigenvalue weighted by molar-refractivity contribution is -0.384. The summed E-state index contributed by atoms with van der Waals surface area (Å²) in [5, 5.41) is 14.1. The second-order valence-electron chi connectivity index (χ2n) is 7.02. The van der Waals surface area contributed by atoms with E-state index in [1.807, 2.05) is 54.6 Å². The zero-order chi connectivity index (χ0) is 21.8. The van der Waals surface area contributed by atoms with Crippen LogP contribution in [0.1, 0.15) is 23.0 Å². The lowest BCUT2D eigenvalue weighted by atomic mass is 10.1. The second kappa shape index (κ2) is 8.66. The zero-order valence-electron chi connectivity index (χ0n) is 16.7. The van der Waals surface area contributed by atoms with Gasteiger partial charge in [-0.1, -0.05) is 42.5 Å². The van der Waals surface area contributed by atoms with E-state index in [1.165, 1.54) is 12.1 Å². The van der Waals surface area contributed by atoms with E-state index in [0.717, 1.165) is 16.9 Å². The highest BCUT2D eigenvalue weighted by Crippen LogP contribution is 2.25. The maximum absolute atomic E-state index is 12.8. The van der Waals surface area contributed by atoms with Crippen molar-refractivity contribution in [1.29, 1.82) is 0 Å². The van der Waals surface area contributed by atoms with Crippen molar-refractivity contribution in [2.45, 2.75) is 12.5 Å². The number of nitrogens with zero attached hydrogens (tertiary/aromatic N) is 2. The number of H-pyrrole nitrogens is 1. The molecule has 1 heterocycles. The number of benzene rings is 3. The van der Waals surface area contributed by atoms with Crippen molar-refractivity contribution >= 4 is 22.6 Å². The summed E-state index contributed by atoms with van der Waals surface area (Å²) < 4.78 is 5.15. The fourth-order valence-electron chi connectivity index (χ4n) is 3.36. The van der Waals surface area contributed by atoms with Crippen molar-refractivity contribution in [1.82, 2.24) is 15.3 Å². The van der Waals surface area contributed by atoms with Gasteiger partial charge in [0.1, 0.15) is 17.6 Å². The van der Waals surface area contributed by atoms with Crippen LogP contribution in [-0.2, 0) is 11.2 Å². The number of non-ortho nitro benzene ring substituents is 1. The van der Waals surface area contributed by atoms with Gasteiger partial charge in [0, 0.05) is 12.1 Å². The highest BCUT2D eigenvalue weighted by Gasteiger charge is 2.21. The molecule has 0 radical (unpaired) electrons. The third-order valence-corrected chi connectivity index (χ3v) is 4.93. The molecule has 0 bridgehead atoms. The van der Waals surface area contributed by atoms with Gasteiger partial charge in [-0.25, -0.2) is 4.98 Å². The lowest BCUT2D eigenvalue weighted by Gasteiger charge is -2.17. The van der Waals surface area contributed by atoms with Crippen LogP contribution in [0.3, 0.4) is 0 Å². The first-order valence-corrected chi connectivity index (χ1v) is 9.65. The van der Waals surface area contributed by atoms with E-state index >= 15 is 0 Å². The minimum absolute atomic E-state index is 0.0255. The van der Waals surface area contributed by atoms with Gasteiger partial charge in [-0.05, 0) is 29.3 Å². The molecule has 0 spiro atoms. The number of nitrogens with one attached hydrogen (secondary N) is 2. The Morgan fingerprint density at radius 2 is 1.87 bits per heavy atom. The average Bonchev–Trinajstić information content (AvgIpc) is 3.21. The number of hydrogen-bond donors (Lipinski definition) is 2. The number of ether oxygens (including phenoxy) is 1. The molecule has 0 fully saturated rings. The number of aromatic nitrogens is 2. The highest BCUT2D eigenvalue weighted by atomic mass is 16.6. The van der Waals surface area contributed by atoms with Crippen LogP contribution in [-0.4, -0.2) is 27.9 Å². The van der Waals surface area contributed by atoms with E-state index in [1.54, 1.807) is 13.2 Å². The van der Waals surface area contributed by atoms with Crippen LogP contribution in [0.25, 0.3) is 11.0 Å². The summed E-state index contributed by atoms with van der Waals surface area (Å²) in [6, 6.07) is 20.7. The minimum atomic E-state index is -0.529. The van der Waals surface area contributed by atoms with Crippen molar-refractivity contribution in [3.05, 3.63) is 99.9 Å². The van der Waals surface area contributed by atoms with E-state index in [9.17, 15) is 14.9 Å². The molecule has 156 valence electrons. The molecule has 0 saturated heterocycles. The first-order valence-electron chi connectivity index (χ1n) is 9.65. The molecule has 1 amide bonds. The number of carbonyl (C=O) groups is 1. The van der Waals surface area contributed by atoms with Crippen molar-refractivity contribution in [3.8, 4) is 5.75 Å². The standard InChI is InChI=1S/C23H20N4O4/c1-31-18-10-7-15(8-11-18)13-21(28)26-22(16-5-3-2-4-6-16)23-24-19-12-9-17(27(29)30)14-20(19)25-23/h2-12,14,22H,13H2,1H3,(H,24,25)(H,26,28). The van der Waals surface area contributed by atoms with Crippen LogP contribution >= 0.6 is 0 Å². The molecule has 0 aliphatic heterocycles. The summed E-state index contributed by atoms with van der Waals surface area (Å²) in [6.45, 7) is 0. The Kier molecular flexibility index (Phi) is 5.61. The Bertz CT molecular complexity index is 1220. The molecular formula is C23H20N4O4. The largest absolute Gasteiger partial charge is 0.497 e. The number of nitro benzene ring substituents is 1. The third-order valence-electron chi connectivity index (χ3n) is 4.93. The molecule has 0 saturated carbocycles. The van der Waals surface area contributed by atoms with E-state index in [2.05, 4.69) is 15.3 Å². The molecule has 1 unspecified atom stereocenters. The summed E-state index contributed by atoms with van der Waals surface area (Å²) in [7, 11) is 1.59. The fourth-order valence-corrected chi connectivity index (χ4v) is 3.36. The van der Waals surface area contributed by atoms with Gasteiger partial charge in [0.2, 0.25) is 5.91 Å². The molecule has 1 aromatic heterocycles. The monoisotopic (exact) mass is 416 g/mol. The molecule has 0 aliphatic rings. The van der Waals surface area contributed by atoms with Crippen molar-refractivity contribution in [3.63, 3.8) is 0 Å². The lowest BCUT2D eigenvalue weighted by Crippen LogP contribution is -2.31. The smallest absolute Gasteiger partial charge is 0.271 e. The van der Waals surface area contributed by atoms with Gasteiger partial charge in [0.05, 0.1) is 29.5 Å². The van der Waals surface area contributed by atoms with Crippen LogP contribution in [0.4, 0.5) is 5.69 Å². The summed E-state index contributed by atoms with van der Waals surface area (Å²) in [6.07, 6.45) is 0.193. The van der Waals surface area contributed by atoms with E-state index in [4.69, 9.17) is 4.74 Å². The number of carbonyl (C=O) groups excluding carboxylic acids is 1.